The normalized spacial score (nSPS) is 18.7. The van der Waals surface area contributed by atoms with Crippen molar-refractivity contribution in [2.75, 3.05) is 47.1 Å². The molecule has 1 heterocycles. The number of benzene rings is 1. The summed E-state index contributed by atoms with van der Waals surface area (Å²) in [7, 11) is 3.24. The van der Waals surface area contributed by atoms with Crippen molar-refractivity contribution in [2.24, 2.45) is 0 Å². The number of rotatable bonds is 10. The van der Waals surface area contributed by atoms with Gasteiger partial charge in [0.2, 0.25) is 0 Å². The lowest BCUT2D eigenvalue weighted by atomic mass is 10.1. The molecule has 166 valence electrons. The van der Waals surface area contributed by atoms with E-state index in [4.69, 9.17) is 18.9 Å². The number of nitrogens with zero attached hydrogens (tertiary/aromatic N) is 2. The summed E-state index contributed by atoms with van der Waals surface area (Å²) in [5.74, 6) is 1.16. The molecule has 1 saturated carbocycles. The van der Waals surface area contributed by atoms with Crippen LogP contribution < -0.4 is 9.47 Å². The molecule has 3 rings (SSSR count). The first-order valence-electron chi connectivity index (χ1n) is 10.2. The first kappa shape index (κ1) is 22.2. The maximum absolute atomic E-state index is 13.1. The Morgan fingerprint density at radius 2 is 1.97 bits per heavy atom. The number of hydrogen-bond donors (Lipinski definition) is 1. The second kappa shape index (κ2) is 10.5. The van der Waals surface area contributed by atoms with E-state index < -0.39 is 12.2 Å². The lowest BCUT2D eigenvalue weighted by Gasteiger charge is -2.34. The molecule has 1 aliphatic heterocycles. The fourth-order valence-electron chi connectivity index (χ4n) is 3.44. The van der Waals surface area contributed by atoms with Crippen LogP contribution in [0, 0.1) is 0 Å². The molecule has 0 radical (unpaired) electrons. The molecular weight excluding hydrogens is 392 g/mol. The van der Waals surface area contributed by atoms with E-state index >= 15 is 0 Å². The van der Waals surface area contributed by atoms with Gasteiger partial charge >= 0.3 is 6.09 Å². The van der Waals surface area contributed by atoms with Crippen molar-refractivity contribution in [3.8, 4) is 11.5 Å². The first-order chi connectivity index (χ1) is 14.5. The van der Waals surface area contributed by atoms with Crippen LogP contribution in [-0.4, -0.2) is 86.2 Å². The molecule has 2 fully saturated rings. The summed E-state index contributed by atoms with van der Waals surface area (Å²) >= 11 is 0. The van der Waals surface area contributed by atoms with Gasteiger partial charge in [-0.05, 0) is 30.5 Å². The fraction of sp³-hybridized carbons (Fsp3) is 0.619. The van der Waals surface area contributed by atoms with E-state index in [-0.39, 0.29) is 31.6 Å². The van der Waals surface area contributed by atoms with Gasteiger partial charge in [-0.25, -0.2) is 4.79 Å². The van der Waals surface area contributed by atoms with Gasteiger partial charge in [0.15, 0.2) is 6.10 Å². The van der Waals surface area contributed by atoms with E-state index in [1.54, 1.807) is 19.1 Å². The Bertz CT molecular complexity index is 738. The minimum absolute atomic E-state index is 0.0589. The number of morpholine rings is 1. The van der Waals surface area contributed by atoms with Crippen molar-refractivity contribution in [1.82, 2.24) is 9.80 Å². The van der Waals surface area contributed by atoms with Crippen LogP contribution in [0.15, 0.2) is 18.2 Å². The molecule has 1 atom stereocenters. The minimum Gasteiger partial charge on any atom is -0.497 e. The maximum Gasteiger partial charge on any atom is 0.407 e. The molecule has 1 aromatic rings. The summed E-state index contributed by atoms with van der Waals surface area (Å²) in [6, 6.07) is 5.76. The number of carbonyl (C=O) groups is 2. The van der Waals surface area contributed by atoms with Crippen molar-refractivity contribution in [3.05, 3.63) is 23.8 Å². The van der Waals surface area contributed by atoms with E-state index in [1.807, 2.05) is 18.2 Å². The van der Waals surface area contributed by atoms with Gasteiger partial charge in [-0.15, -0.1) is 0 Å². The van der Waals surface area contributed by atoms with Gasteiger partial charge in [0.25, 0.3) is 5.91 Å². The molecular formula is C21H30N2O7. The third-order valence-corrected chi connectivity index (χ3v) is 5.17. The minimum atomic E-state index is -1.03. The Balaban J connectivity index is 1.69. The van der Waals surface area contributed by atoms with Crippen LogP contribution >= 0.6 is 0 Å². The van der Waals surface area contributed by atoms with E-state index in [2.05, 4.69) is 0 Å². The van der Waals surface area contributed by atoms with Crippen LogP contribution in [0.3, 0.4) is 0 Å². The van der Waals surface area contributed by atoms with Gasteiger partial charge in [-0.3, -0.25) is 4.79 Å². The van der Waals surface area contributed by atoms with Crippen molar-refractivity contribution in [3.63, 3.8) is 0 Å². The first-order valence-corrected chi connectivity index (χ1v) is 10.2. The molecule has 9 heteroatoms. The monoisotopic (exact) mass is 422 g/mol. The highest BCUT2D eigenvalue weighted by Crippen LogP contribution is 2.31. The smallest absolute Gasteiger partial charge is 0.407 e. The highest BCUT2D eigenvalue weighted by Gasteiger charge is 2.38. The number of carboxylic acid groups (broad SMARTS) is 1. The second-order valence-electron chi connectivity index (χ2n) is 7.50. The van der Waals surface area contributed by atoms with Crippen LogP contribution in [0.25, 0.3) is 0 Å². The van der Waals surface area contributed by atoms with Gasteiger partial charge < -0.3 is 33.9 Å². The molecule has 0 bridgehead atoms. The molecule has 0 spiro atoms. The molecule has 1 N–H and O–H groups in total. The Labute approximate surface area is 176 Å². The maximum atomic E-state index is 13.1. The van der Waals surface area contributed by atoms with Crippen LogP contribution in [0.4, 0.5) is 4.79 Å². The molecule has 2 aliphatic rings. The quantitative estimate of drug-likeness (QED) is 0.576. The van der Waals surface area contributed by atoms with Crippen LogP contribution in [-0.2, 0) is 20.8 Å². The zero-order chi connectivity index (χ0) is 21.5. The van der Waals surface area contributed by atoms with Crippen molar-refractivity contribution in [2.45, 2.75) is 38.0 Å². The van der Waals surface area contributed by atoms with E-state index in [1.165, 1.54) is 4.90 Å². The van der Waals surface area contributed by atoms with Crippen LogP contribution in [0.5, 0.6) is 11.5 Å². The predicted molar refractivity (Wildman–Crippen MR) is 108 cm³/mol. The van der Waals surface area contributed by atoms with Gasteiger partial charge in [-0.2, -0.15) is 0 Å². The summed E-state index contributed by atoms with van der Waals surface area (Å²) in [4.78, 5) is 27.4. The van der Waals surface area contributed by atoms with E-state index in [0.717, 1.165) is 24.8 Å². The second-order valence-corrected chi connectivity index (χ2v) is 7.50. The topological polar surface area (TPSA) is 97.8 Å². The highest BCUT2D eigenvalue weighted by atomic mass is 16.5. The zero-order valence-electron chi connectivity index (χ0n) is 17.5. The summed E-state index contributed by atoms with van der Waals surface area (Å²) in [5.41, 5.74) is 0.891. The van der Waals surface area contributed by atoms with Crippen LogP contribution in [0.1, 0.15) is 24.8 Å². The largest absolute Gasteiger partial charge is 0.497 e. The fourth-order valence-corrected chi connectivity index (χ4v) is 3.44. The van der Waals surface area contributed by atoms with Crippen LogP contribution in [0.2, 0.25) is 0 Å². The Kier molecular flexibility index (Phi) is 7.75. The third-order valence-electron chi connectivity index (χ3n) is 5.17. The number of ether oxygens (including phenoxy) is 4. The standard InChI is InChI=1S/C21H30N2O7/c1-27-7-3-8-29-18-11-15(10-17(12-18)28-2)13-23(16-4-5-16)20(24)19-14-22(21(25)26)6-9-30-19/h10-12,16,19H,3-9,13-14H2,1-2H3,(H,25,26)/t19-/m1/s1. The molecule has 1 aromatic carbocycles. The van der Waals surface area contributed by atoms with Gasteiger partial charge in [-0.1, -0.05) is 0 Å². The van der Waals surface area contributed by atoms with Crippen molar-refractivity contribution >= 4 is 12.0 Å². The predicted octanol–water partition coefficient (Wildman–Crippen LogP) is 1.98. The Morgan fingerprint density at radius 3 is 2.63 bits per heavy atom. The molecule has 9 nitrogen and oxygen atoms in total. The lowest BCUT2D eigenvalue weighted by molar-refractivity contribution is -0.149. The zero-order valence-corrected chi connectivity index (χ0v) is 17.5. The van der Waals surface area contributed by atoms with Gasteiger partial charge in [0.1, 0.15) is 11.5 Å². The van der Waals surface area contributed by atoms with Gasteiger partial charge in [0.05, 0.1) is 26.9 Å². The molecule has 0 unspecified atom stereocenters. The Hall–Kier alpha value is -2.52. The average Bonchev–Trinajstić information content (AvgIpc) is 3.60. The van der Waals surface area contributed by atoms with Crippen molar-refractivity contribution in [1.29, 1.82) is 0 Å². The summed E-state index contributed by atoms with van der Waals surface area (Å²) in [6.07, 6.45) is 0.842. The van der Waals surface area contributed by atoms with Gasteiger partial charge in [0, 0.05) is 45.3 Å². The number of hydrogen-bond acceptors (Lipinski definition) is 6. The number of methoxy groups -OCH3 is 2. The molecule has 2 amide bonds. The summed E-state index contributed by atoms with van der Waals surface area (Å²) in [6.45, 7) is 2.09. The van der Waals surface area contributed by atoms with E-state index in [9.17, 15) is 14.7 Å². The number of amides is 2. The molecule has 1 aliphatic carbocycles. The number of carbonyl (C=O) groups excluding carboxylic acids is 1. The summed E-state index contributed by atoms with van der Waals surface area (Å²) < 4.78 is 21.8. The van der Waals surface area contributed by atoms with E-state index in [0.29, 0.717) is 31.3 Å². The highest BCUT2D eigenvalue weighted by molar-refractivity contribution is 5.82. The molecule has 30 heavy (non-hydrogen) atoms. The lowest BCUT2D eigenvalue weighted by Crippen LogP contribution is -2.52. The molecule has 1 saturated heterocycles. The third kappa shape index (κ3) is 5.99. The van der Waals surface area contributed by atoms with Crippen molar-refractivity contribution < 1.29 is 33.6 Å². The summed E-state index contributed by atoms with van der Waals surface area (Å²) in [5, 5.41) is 9.24. The Morgan fingerprint density at radius 1 is 1.20 bits per heavy atom. The average molecular weight is 422 g/mol. The SMILES string of the molecule is COCCCOc1cc(CN(C(=O)[C@H]2CN(C(=O)O)CCO2)C2CC2)cc(OC)c1. The molecule has 0 aromatic heterocycles.